The summed E-state index contributed by atoms with van der Waals surface area (Å²) in [6, 6.07) is 13.4. The maximum atomic E-state index is 5.49. The van der Waals surface area contributed by atoms with Crippen molar-refractivity contribution >= 4 is 11.4 Å². The first-order chi connectivity index (χ1) is 15.1. The number of nitrogens with zero attached hydrogens (tertiary/aromatic N) is 6. The third-order valence-electron chi connectivity index (χ3n) is 4.42. The summed E-state index contributed by atoms with van der Waals surface area (Å²) in [5.41, 5.74) is 5.55. The number of hydrogen-bond donors (Lipinski definition) is 0. The number of hydrogen-bond acceptors (Lipinski definition) is 8. The Balaban J connectivity index is 1.54. The van der Waals surface area contributed by atoms with E-state index in [1.165, 1.54) is 7.11 Å². The van der Waals surface area contributed by atoms with Gasteiger partial charge in [0.1, 0.15) is 30.8 Å². The van der Waals surface area contributed by atoms with E-state index in [-0.39, 0.29) is 0 Å². The van der Waals surface area contributed by atoms with Crippen molar-refractivity contribution in [2.75, 3.05) is 13.7 Å². The van der Waals surface area contributed by atoms with Crippen molar-refractivity contribution in [2.24, 2.45) is 10.3 Å². The molecule has 31 heavy (non-hydrogen) atoms. The molecule has 0 aliphatic heterocycles. The minimum Gasteiger partial charge on any atom is -0.399 e. The topological polar surface area (TPSA) is 94.7 Å². The SMILES string of the molecule is CON=C(C)c1cccc(CCCON=C(C)c2ccnc(-c3cccc(C)n3)n2)n1. The van der Waals surface area contributed by atoms with E-state index in [4.69, 9.17) is 9.68 Å². The van der Waals surface area contributed by atoms with E-state index in [1.54, 1.807) is 12.3 Å². The highest BCUT2D eigenvalue weighted by molar-refractivity contribution is 5.97. The average molecular weight is 419 g/mol. The van der Waals surface area contributed by atoms with Gasteiger partial charge in [-0.15, -0.1) is 0 Å². The molecule has 3 heterocycles. The molecule has 8 heteroatoms. The van der Waals surface area contributed by atoms with Gasteiger partial charge in [-0.25, -0.2) is 15.0 Å². The average Bonchev–Trinajstić information content (AvgIpc) is 2.79. The highest BCUT2D eigenvalue weighted by Gasteiger charge is 2.07. The van der Waals surface area contributed by atoms with Crippen LogP contribution in [0.15, 0.2) is 59.0 Å². The van der Waals surface area contributed by atoms with Crippen molar-refractivity contribution in [2.45, 2.75) is 33.6 Å². The second-order valence-corrected chi connectivity index (χ2v) is 6.92. The lowest BCUT2D eigenvalue weighted by Crippen LogP contribution is -2.04. The van der Waals surface area contributed by atoms with Crippen LogP contribution in [-0.4, -0.2) is 45.1 Å². The van der Waals surface area contributed by atoms with Crippen molar-refractivity contribution in [3.8, 4) is 11.5 Å². The maximum absolute atomic E-state index is 5.49. The van der Waals surface area contributed by atoms with Gasteiger partial charge in [0.15, 0.2) is 5.82 Å². The Hall–Kier alpha value is -3.68. The van der Waals surface area contributed by atoms with E-state index in [1.807, 2.05) is 57.2 Å². The van der Waals surface area contributed by atoms with Gasteiger partial charge in [0.2, 0.25) is 0 Å². The summed E-state index contributed by atoms with van der Waals surface area (Å²) < 4.78 is 0. The normalized spacial score (nSPS) is 12.0. The number of rotatable bonds is 9. The molecule has 0 spiro atoms. The fourth-order valence-corrected chi connectivity index (χ4v) is 2.86. The van der Waals surface area contributed by atoms with Gasteiger partial charge in [-0.3, -0.25) is 4.98 Å². The van der Waals surface area contributed by atoms with Crippen molar-refractivity contribution in [3.05, 3.63) is 71.4 Å². The molecule has 0 bridgehead atoms. The molecule has 3 aromatic rings. The fraction of sp³-hybridized carbons (Fsp3) is 0.304. The molecule has 0 aliphatic carbocycles. The van der Waals surface area contributed by atoms with Gasteiger partial charge in [-0.1, -0.05) is 22.4 Å². The van der Waals surface area contributed by atoms with Gasteiger partial charge < -0.3 is 9.68 Å². The Morgan fingerprint density at radius 2 is 1.68 bits per heavy atom. The van der Waals surface area contributed by atoms with Crippen LogP contribution < -0.4 is 0 Å². The molecule has 0 radical (unpaired) electrons. The van der Waals surface area contributed by atoms with Gasteiger partial charge in [0.05, 0.1) is 11.4 Å². The third kappa shape index (κ3) is 6.40. The predicted molar refractivity (Wildman–Crippen MR) is 120 cm³/mol. The van der Waals surface area contributed by atoms with Crippen molar-refractivity contribution < 1.29 is 9.68 Å². The van der Waals surface area contributed by atoms with E-state index in [0.29, 0.717) is 23.8 Å². The monoisotopic (exact) mass is 418 g/mol. The summed E-state index contributed by atoms with van der Waals surface area (Å²) in [5, 5.41) is 8.12. The summed E-state index contributed by atoms with van der Waals surface area (Å²) in [7, 11) is 1.52. The number of oxime groups is 2. The minimum atomic E-state index is 0.478. The summed E-state index contributed by atoms with van der Waals surface area (Å²) in [6.45, 7) is 6.14. The molecule has 3 rings (SSSR count). The molecule has 0 saturated heterocycles. The van der Waals surface area contributed by atoms with E-state index < -0.39 is 0 Å². The van der Waals surface area contributed by atoms with Crippen molar-refractivity contribution in [3.63, 3.8) is 0 Å². The molecule has 160 valence electrons. The number of aromatic nitrogens is 4. The molecule has 8 nitrogen and oxygen atoms in total. The van der Waals surface area contributed by atoms with Crippen LogP contribution in [0.5, 0.6) is 0 Å². The molecule has 3 aromatic heterocycles. The number of pyridine rings is 2. The van der Waals surface area contributed by atoms with Crippen LogP contribution in [0.2, 0.25) is 0 Å². The van der Waals surface area contributed by atoms with Gasteiger partial charge in [-0.2, -0.15) is 0 Å². The molecule has 0 fully saturated rings. The quantitative estimate of drug-likeness (QED) is 0.296. The lowest BCUT2D eigenvalue weighted by atomic mass is 10.2. The zero-order chi connectivity index (χ0) is 22.1. The first-order valence-corrected chi connectivity index (χ1v) is 10.0. The van der Waals surface area contributed by atoms with E-state index >= 15 is 0 Å². The predicted octanol–water partition coefficient (Wildman–Crippen LogP) is 3.99. The molecular weight excluding hydrogens is 392 g/mol. The molecule has 0 N–H and O–H groups in total. The number of aryl methyl sites for hydroxylation is 2. The Morgan fingerprint density at radius 3 is 2.48 bits per heavy atom. The largest absolute Gasteiger partial charge is 0.399 e. The maximum Gasteiger partial charge on any atom is 0.178 e. The molecule has 0 aliphatic rings. The first-order valence-electron chi connectivity index (χ1n) is 10.0. The molecule has 0 unspecified atom stereocenters. The van der Waals surface area contributed by atoms with E-state index in [2.05, 4.69) is 30.2 Å². The summed E-state index contributed by atoms with van der Waals surface area (Å²) in [4.78, 5) is 28.2. The van der Waals surface area contributed by atoms with Crippen molar-refractivity contribution in [1.82, 2.24) is 19.9 Å². The minimum absolute atomic E-state index is 0.478. The van der Waals surface area contributed by atoms with Crippen LogP contribution in [0.1, 0.15) is 43.0 Å². The third-order valence-corrected chi connectivity index (χ3v) is 4.42. The first kappa shape index (κ1) is 22.0. The molecular formula is C23H26N6O2. The lowest BCUT2D eigenvalue weighted by molar-refractivity contribution is 0.141. The molecule has 0 atom stereocenters. The van der Waals surface area contributed by atoms with Crippen LogP contribution in [0, 0.1) is 6.92 Å². The van der Waals surface area contributed by atoms with Crippen LogP contribution in [0.25, 0.3) is 11.5 Å². The van der Waals surface area contributed by atoms with Crippen LogP contribution >= 0.6 is 0 Å². The van der Waals surface area contributed by atoms with Gasteiger partial charge in [-0.05, 0) is 63.9 Å². The van der Waals surface area contributed by atoms with E-state index in [9.17, 15) is 0 Å². The Morgan fingerprint density at radius 1 is 0.903 bits per heavy atom. The second-order valence-electron chi connectivity index (χ2n) is 6.92. The van der Waals surface area contributed by atoms with Gasteiger partial charge in [0, 0.05) is 17.6 Å². The van der Waals surface area contributed by atoms with Gasteiger partial charge in [0.25, 0.3) is 0 Å². The van der Waals surface area contributed by atoms with Gasteiger partial charge >= 0.3 is 0 Å². The second kappa shape index (κ2) is 10.9. The highest BCUT2D eigenvalue weighted by Crippen LogP contribution is 2.13. The Kier molecular flexibility index (Phi) is 7.75. The van der Waals surface area contributed by atoms with Crippen LogP contribution in [0.4, 0.5) is 0 Å². The standard InChI is InChI=1S/C23H26N6O2/c1-16-8-5-12-22(25-16)23-24-14-13-21(27-23)18(3)29-31-15-7-10-19-9-6-11-20(26-19)17(2)28-30-4/h5-6,8-9,11-14H,7,10,15H2,1-4H3. The van der Waals surface area contributed by atoms with E-state index in [0.717, 1.165) is 41.3 Å². The summed E-state index contributed by atoms with van der Waals surface area (Å²) >= 11 is 0. The fourth-order valence-electron chi connectivity index (χ4n) is 2.86. The zero-order valence-corrected chi connectivity index (χ0v) is 18.2. The Bertz CT molecular complexity index is 1080. The van der Waals surface area contributed by atoms with Crippen LogP contribution in [0.3, 0.4) is 0 Å². The lowest BCUT2D eigenvalue weighted by Gasteiger charge is -2.05. The summed E-state index contributed by atoms with van der Waals surface area (Å²) in [5.74, 6) is 0.564. The molecule has 0 saturated carbocycles. The smallest absolute Gasteiger partial charge is 0.178 e. The highest BCUT2D eigenvalue weighted by atomic mass is 16.6. The Labute approximate surface area is 182 Å². The summed E-state index contributed by atoms with van der Waals surface area (Å²) in [6.07, 6.45) is 3.27. The molecule has 0 aromatic carbocycles. The zero-order valence-electron chi connectivity index (χ0n) is 18.2. The molecule has 0 amide bonds. The van der Waals surface area contributed by atoms with Crippen molar-refractivity contribution in [1.29, 1.82) is 0 Å². The van der Waals surface area contributed by atoms with Crippen LogP contribution in [-0.2, 0) is 16.1 Å².